The van der Waals surface area contributed by atoms with Gasteiger partial charge in [0.25, 0.3) is 0 Å². The van der Waals surface area contributed by atoms with Crippen LogP contribution >= 0.6 is 0 Å². The van der Waals surface area contributed by atoms with E-state index in [1.54, 1.807) is 0 Å². The molecule has 3 rings (SSSR count). The Balaban J connectivity index is 1.74. The van der Waals surface area contributed by atoms with Crippen molar-refractivity contribution >= 4 is 5.69 Å². The summed E-state index contributed by atoms with van der Waals surface area (Å²) in [5.74, 6) is 1.93. The van der Waals surface area contributed by atoms with Crippen molar-refractivity contribution in [2.24, 2.45) is 11.8 Å². The van der Waals surface area contributed by atoms with Crippen molar-refractivity contribution in [2.75, 3.05) is 24.5 Å². The normalized spacial score (nSPS) is 18.6. The molecule has 1 aromatic carbocycles. The van der Waals surface area contributed by atoms with Gasteiger partial charge in [0.2, 0.25) is 0 Å². The zero-order chi connectivity index (χ0) is 13.1. The maximum atomic E-state index is 3.47. The Bertz CT molecular complexity index is 393. The minimum atomic E-state index is 0.964. The number of nitrogens with one attached hydrogen (secondary N) is 1. The Hall–Kier alpha value is -1.02. The average molecular weight is 258 g/mol. The molecule has 2 fully saturated rings. The van der Waals surface area contributed by atoms with Crippen LogP contribution in [-0.2, 0) is 6.54 Å². The van der Waals surface area contributed by atoms with Crippen molar-refractivity contribution in [1.82, 2.24) is 5.32 Å². The number of hydrogen-bond acceptors (Lipinski definition) is 2. The van der Waals surface area contributed by atoms with Gasteiger partial charge in [-0.3, -0.25) is 0 Å². The summed E-state index contributed by atoms with van der Waals surface area (Å²) in [5, 5.41) is 3.47. The number of para-hydroxylation sites is 1. The number of nitrogens with zero attached hydrogens (tertiary/aromatic N) is 1. The Morgan fingerprint density at radius 2 is 1.68 bits per heavy atom. The smallest absolute Gasteiger partial charge is 0.0412 e. The number of hydrogen-bond donors (Lipinski definition) is 1. The average Bonchev–Trinajstić information content (AvgIpc) is 3.31. The molecule has 0 aromatic heterocycles. The molecule has 0 atom stereocenters. The second-order valence-electron chi connectivity index (χ2n) is 6.20. The van der Waals surface area contributed by atoms with Gasteiger partial charge in [-0.05, 0) is 55.7 Å². The van der Waals surface area contributed by atoms with Gasteiger partial charge in [-0.25, -0.2) is 0 Å². The lowest BCUT2D eigenvalue weighted by Crippen LogP contribution is -2.29. The van der Waals surface area contributed by atoms with Crippen LogP contribution in [0.5, 0.6) is 0 Å². The first-order chi connectivity index (χ1) is 9.36. The highest BCUT2D eigenvalue weighted by Crippen LogP contribution is 2.36. The lowest BCUT2D eigenvalue weighted by Gasteiger charge is -2.27. The van der Waals surface area contributed by atoms with Crippen molar-refractivity contribution in [3.8, 4) is 0 Å². The monoisotopic (exact) mass is 258 g/mol. The predicted molar refractivity (Wildman–Crippen MR) is 81.5 cm³/mol. The summed E-state index contributed by atoms with van der Waals surface area (Å²) >= 11 is 0. The van der Waals surface area contributed by atoms with Crippen molar-refractivity contribution in [3.05, 3.63) is 29.8 Å². The summed E-state index contributed by atoms with van der Waals surface area (Å²) in [6.45, 7) is 6.77. The van der Waals surface area contributed by atoms with E-state index in [9.17, 15) is 0 Å². The summed E-state index contributed by atoms with van der Waals surface area (Å²) in [7, 11) is 0. The highest BCUT2D eigenvalue weighted by atomic mass is 15.1. The third-order valence-electron chi connectivity index (χ3n) is 4.25. The van der Waals surface area contributed by atoms with E-state index in [0.29, 0.717) is 0 Å². The van der Waals surface area contributed by atoms with E-state index < -0.39 is 0 Å². The standard InChI is InChI=1S/C17H26N2/c1-2-18-11-16-5-3-4-6-17(16)19(12-14-7-8-14)13-15-9-10-15/h3-6,14-15,18H,2,7-13H2,1H3. The van der Waals surface area contributed by atoms with Gasteiger partial charge in [0.05, 0.1) is 0 Å². The van der Waals surface area contributed by atoms with Gasteiger partial charge < -0.3 is 10.2 Å². The summed E-state index contributed by atoms with van der Waals surface area (Å²) < 4.78 is 0. The van der Waals surface area contributed by atoms with Gasteiger partial charge in [-0.1, -0.05) is 25.1 Å². The van der Waals surface area contributed by atoms with Crippen LogP contribution in [0, 0.1) is 11.8 Å². The van der Waals surface area contributed by atoms with Crippen LogP contribution in [0.4, 0.5) is 5.69 Å². The molecule has 0 heterocycles. The minimum Gasteiger partial charge on any atom is -0.371 e. The number of rotatable bonds is 8. The van der Waals surface area contributed by atoms with Crippen LogP contribution < -0.4 is 10.2 Å². The molecule has 0 amide bonds. The maximum absolute atomic E-state index is 3.47. The van der Waals surface area contributed by atoms with E-state index in [1.165, 1.54) is 50.0 Å². The fraction of sp³-hybridized carbons (Fsp3) is 0.647. The molecular weight excluding hydrogens is 232 g/mol. The Morgan fingerprint density at radius 1 is 1.05 bits per heavy atom. The molecular formula is C17H26N2. The van der Waals surface area contributed by atoms with E-state index >= 15 is 0 Å². The van der Waals surface area contributed by atoms with Crippen LogP contribution in [-0.4, -0.2) is 19.6 Å². The SMILES string of the molecule is CCNCc1ccccc1N(CC1CC1)CC1CC1. The van der Waals surface area contributed by atoms with Crippen LogP contribution in [0.2, 0.25) is 0 Å². The van der Waals surface area contributed by atoms with Crippen molar-refractivity contribution < 1.29 is 0 Å². The predicted octanol–water partition coefficient (Wildman–Crippen LogP) is 3.42. The van der Waals surface area contributed by atoms with Gasteiger partial charge in [0.1, 0.15) is 0 Å². The first kappa shape index (κ1) is 13.0. The second kappa shape index (κ2) is 5.96. The molecule has 19 heavy (non-hydrogen) atoms. The van der Waals surface area contributed by atoms with E-state index in [1.807, 2.05) is 0 Å². The molecule has 2 aliphatic carbocycles. The van der Waals surface area contributed by atoms with E-state index in [2.05, 4.69) is 41.4 Å². The first-order valence-corrected chi connectivity index (χ1v) is 7.90. The van der Waals surface area contributed by atoms with Crippen LogP contribution in [0.15, 0.2) is 24.3 Å². The highest BCUT2D eigenvalue weighted by Gasteiger charge is 2.29. The summed E-state index contributed by atoms with van der Waals surface area (Å²) in [6, 6.07) is 8.96. The first-order valence-electron chi connectivity index (χ1n) is 7.90. The third kappa shape index (κ3) is 3.73. The molecule has 2 saturated carbocycles. The largest absolute Gasteiger partial charge is 0.371 e. The molecule has 0 radical (unpaired) electrons. The van der Waals surface area contributed by atoms with Gasteiger partial charge in [0.15, 0.2) is 0 Å². The lowest BCUT2D eigenvalue weighted by atomic mass is 10.1. The minimum absolute atomic E-state index is 0.964. The van der Waals surface area contributed by atoms with E-state index in [-0.39, 0.29) is 0 Å². The third-order valence-corrected chi connectivity index (χ3v) is 4.25. The van der Waals surface area contributed by atoms with Crippen molar-refractivity contribution in [2.45, 2.75) is 39.2 Å². The van der Waals surface area contributed by atoms with Crippen molar-refractivity contribution in [1.29, 1.82) is 0 Å². The molecule has 0 spiro atoms. The van der Waals surface area contributed by atoms with Gasteiger partial charge in [0, 0.05) is 25.3 Å². The molecule has 1 N–H and O–H groups in total. The Kier molecular flexibility index (Phi) is 4.07. The number of anilines is 1. The molecule has 2 heteroatoms. The second-order valence-corrected chi connectivity index (χ2v) is 6.20. The topological polar surface area (TPSA) is 15.3 Å². The van der Waals surface area contributed by atoms with Crippen molar-refractivity contribution in [3.63, 3.8) is 0 Å². The van der Waals surface area contributed by atoms with Crippen LogP contribution in [0.3, 0.4) is 0 Å². The summed E-state index contributed by atoms with van der Waals surface area (Å²) in [5.41, 5.74) is 2.94. The molecule has 0 bridgehead atoms. The number of benzene rings is 1. The van der Waals surface area contributed by atoms with E-state index in [4.69, 9.17) is 0 Å². The molecule has 1 aromatic rings. The van der Waals surface area contributed by atoms with Gasteiger partial charge >= 0.3 is 0 Å². The molecule has 2 nitrogen and oxygen atoms in total. The highest BCUT2D eigenvalue weighted by molar-refractivity contribution is 5.54. The van der Waals surface area contributed by atoms with Crippen LogP contribution in [0.25, 0.3) is 0 Å². The molecule has 0 unspecified atom stereocenters. The molecule has 0 saturated heterocycles. The fourth-order valence-corrected chi connectivity index (χ4v) is 2.72. The maximum Gasteiger partial charge on any atom is 0.0412 e. The fourth-order valence-electron chi connectivity index (χ4n) is 2.72. The quantitative estimate of drug-likeness (QED) is 0.768. The molecule has 0 aliphatic heterocycles. The summed E-state index contributed by atoms with van der Waals surface area (Å²) in [4.78, 5) is 2.67. The molecule has 2 aliphatic rings. The Morgan fingerprint density at radius 3 is 2.26 bits per heavy atom. The molecule has 104 valence electrons. The van der Waals surface area contributed by atoms with Crippen LogP contribution in [0.1, 0.15) is 38.2 Å². The van der Waals surface area contributed by atoms with E-state index in [0.717, 1.165) is 24.9 Å². The zero-order valence-corrected chi connectivity index (χ0v) is 12.1. The Labute approximate surface area is 117 Å². The van der Waals surface area contributed by atoms with Gasteiger partial charge in [-0.15, -0.1) is 0 Å². The summed E-state index contributed by atoms with van der Waals surface area (Å²) in [6.07, 6.45) is 5.76. The lowest BCUT2D eigenvalue weighted by molar-refractivity contribution is 0.667. The zero-order valence-electron chi connectivity index (χ0n) is 12.1. The van der Waals surface area contributed by atoms with Gasteiger partial charge in [-0.2, -0.15) is 0 Å².